The van der Waals surface area contributed by atoms with Crippen molar-refractivity contribution in [3.8, 4) is 0 Å². The van der Waals surface area contributed by atoms with E-state index in [1.54, 1.807) is 0 Å². The first-order chi connectivity index (χ1) is 32.6. The van der Waals surface area contributed by atoms with E-state index in [0.29, 0.717) is 13.0 Å². The number of carbonyl (C=O) groups is 1. The van der Waals surface area contributed by atoms with Crippen molar-refractivity contribution in [2.75, 3.05) is 26.4 Å². The third-order valence-corrected chi connectivity index (χ3v) is 12.0. The lowest BCUT2D eigenvalue weighted by Gasteiger charge is -2.41. The van der Waals surface area contributed by atoms with Gasteiger partial charge in [-0.3, -0.25) is 9.35 Å². The lowest BCUT2D eigenvalue weighted by molar-refractivity contribution is -0.301. The third-order valence-electron chi connectivity index (χ3n) is 11.6. The van der Waals surface area contributed by atoms with E-state index in [-0.39, 0.29) is 19.6 Å². The number of rotatable bonds is 45. The summed E-state index contributed by atoms with van der Waals surface area (Å²) < 4.78 is 59.3. The number of aliphatic hydroxyl groups is 3. The molecule has 1 aliphatic heterocycles. The van der Waals surface area contributed by atoms with Gasteiger partial charge in [0, 0.05) is 13.0 Å². The molecular weight excluding hydrogens is 873 g/mol. The molecule has 0 radical (unpaired) electrons. The first-order valence-corrected chi connectivity index (χ1v) is 27.6. The van der Waals surface area contributed by atoms with Gasteiger partial charge in [0.1, 0.15) is 30.5 Å². The Balaban J connectivity index is 2.38. The third kappa shape index (κ3) is 38.0. The summed E-state index contributed by atoms with van der Waals surface area (Å²) in [6.07, 6.45) is 49.3. The monoisotopic (exact) mass is 967 g/mol. The van der Waals surface area contributed by atoms with E-state index in [9.17, 15) is 33.1 Å². The zero-order chi connectivity index (χ0) is 48.9. The Bertz CT molecular complexity index is 1440. The second-order valence-corrected chi connectivity index (χ2v) is 18.8. The van der Waals surface area contributed by atoms with Crippen LogP contribution in [0.5, 0.6) is 0 Å². The number of ether oxygens (including phenoxy) is 4. The fraction of sp³-hybridized carbons (Fsp3) is 0.759. The molecule has 388 valence electrons. The normalized spacial score (nSPS) is 20.0. The van der Waals surface area contributed by atoms with E-state index in [1.165, 1.54) is 77.0 Å². The summed E-state index contributed by atoms with van der Waals surface area (Å²) in [7, 11) is -5.07. The average molecular weight is 967 g/mol. The Morgan fingerprint density at radius 2 is 1.03 bits per heavy atom. The first-order valence-electron chi connectivity index (χ1n) is 26.2. The van der Waals surface area contributed by atoms with Crippen LogP contribution in [0.3, 0.4) is 0 Å². The number of hydrogen-bond donors (Lipinski definition) is 4. The zero-order valence-corrected chi connectivity index (χ0v) is 42.5. The lowest BCUT2D eigenvalue weighted by Crippen LogP contribution is -2.60. The van der Waals surface area contributed by atoms with Gasteiger partial charge in [0.25, 0.3) is 0 Å². The summed E-state index contributed by atoms with van der Waals surface area (Å²) in [5.41, 5.74) is 0. The van der Waals surface area contributed by atoms with Crippen LogP contribution < -0.4 is 0 Å². The molecule has 0 bridgehead atoms. The van der Waals surface area contributed by atoms with Crippen LogP contribution in [0.1, 0.15) is 200 Å². The molecule has 0 aromatic carbocycles. The fourth-order valence-electron chi connectivity index (χ4n) is 7.64. The minimum absolute atomic E-state index is 0.0210. The molecule has 0 aromatic rings. The van der Waals surface area contributed by atoms with Crippen LogP contribution in [-0.4, -0.2) is 97.5 Å². The molecule has 1 rings (SSSR count). The molecule has 0 aromatic heterocycles. The highest BCUT2D eigenvalue weighted by Crippen LogP contribution is 2.26. The van der Waals surface area contributed by atoms with Crippen LogP contribution >= 0.6 is 0 Å². The average Bonchev–Trinajstić information content (AvgIpc) is 3.30. The topological polar surface area (TPSA) is 178 Å². The Labute approximate surface area is 407 Å². The molecule has 0 amide bonds. The Hall–Kier alpha value is -2.46. The van der Waals surface area contributed by atoms with Gasteiger partial charge in [0.15, 0.2) is 6.29 Å². The predicted molar refractivity (Wildman–Crippen MR) is 271 cm³/mol. The van der Waals surface area contributed by atoms with Crippen molar-refractivity contribution in [3.05, 3.63) is 72.9 Å². The molecule has 0 aliphatic carbocycles. The van der Waals surface area contributed by atoms with Crippen molar-refractivity contribution < 1.29 is 56.2 Å². The van der Waals surface area contributed by atoms with Crippen LogP contribution in [0.2, 0.25) is 0 Å². The minimum atomic E-state index is -5.07. The highest BCUT2D eigenvalue weighted by molar-refractivity contribution is 7.80. The quantitative estimate of drug-likeness (QED) is 0.0197. The van der Waals surface area contributed by atoms with E-state index in [2.05, 4.69) is 90.9 Å². The highest BCUT2D eigenvalue weighted by atomic mass is 32.3. The molecule has 1 aliphatic rings. The van der Waals surface area contributed by atoms with E-state index in [4.69, 9.17) is 18.9 Å². The van der Waals surface area contributed by atoms with E-state index >= 15 is 0 Å². The molecule has 6 atom stereocenters. The molecule has 1 heterocycles. The van der Waals surface area contributed by atoms with Crippen molar-refractivity contribution >= 4 is 16.4 Å². The second kappa shape index (κ2) is 44.7. The van der Waals surface area contributed by atoms with Crippen molar-refractivity contribution in [1.82, 2.24) is 0 Å². The lowest BCUT2D eigenvalue weighted by atomic mass is 9.99. The second-order valence-electron chi connectivity index (χ2n) is 17.7. The number of unbranched alkanes of at least 4 members (excludes halogenated alkanes) is 20. The van der Waals surface area contributed by atoms with E-state index in [0.717, 1.165) is 96.3 Å². The molecule has 4 N–H and O–H groups in total. The summed E-state index contributed by atoms with van der Waals surface area (Å²) in [5, 5.41) is 30.8. The minimum Gasteiger partial charge on any atom is -0.457 e. The van der Waals surface area contributed by atoms with Crippen molar-refractivity contribution in [2.45, 2.75) is 237 Å². The summed E-state index contributed by atoms with van der Waals surface area (Å²) in [5.74, 6) is -0.411. The van der Waals surface area contributed by atoms with Gasteiger partial charge in [-0.25, -0.2) is 4.18 Å². The summed E-state index contributed by atoms with van der Waals surface area (Å²) in [6.45, 7) is 3.84. The van der Waals surface area contributed by atoms with Gasteiger partial charge in [0.05, 0.1) is 19.8 Å². The smallest absolute Gasteiger partial charge is 0.397 e. The van der Waals surface area contributed by atoms with Crippen molar-refractivity contribution in [1.29, 1.82) is 0 Å². The van der Waals surface area contributed by atoms with Crippen LogP contribution in [0.4, 0.5) is 0 Å². The molecule has 67 heavy (non-hydrogen) atoms. The molecule has 0 spiro atoms. The maximum Gasteiger partial charge on any atom is 0.397 e. The van der Waals surface area contributed by atoms with Gasteiger partial charge in [-0.1, -0.05) is 183 Å². The van der Waals surface area contributed by atoms with Crippen molar-refractivity contribution in [2.24, 2.45) is 0 Å². The summed E-state index contributed by atoms with van der Waals surface area (Å²) in [4.78, 5) is 12.9. The molecule has 1 fully saturated rings. The fourth-order valence-corrected chi connectivity index (χ4v) is 8.14. The van der Waals surface area contributed by atoms with Gasteiger partial charge >= 0.3 is 16.4 Å². The molecule has 1 saturated heterocycles. The Morgan fingerprint density at radius 3 is 1.52 bits per heavy atom. The zero-order valence-electron chi connectivity index (χ0n) is 41.7. The van der Waals surface area contributed by atoms with Gasteiger partial charge < -0.3 is 34.3 Å². The molecule has 12 nitrogen and oxygen atoms in total. The molecular formula is C54H94O12S. The first kappa shape index (κ1) is 62.6. The summed E-state index contributed by atoms with van der Waals surface area (Å²) in [6, 6.07) is 0. The maximum absolute atomic E-state index is 12.9. The predicted octanol–water partition coefficient (Wildman–Crippen LogP) is 12.2. The number of aliphatic hydroxyl groups excluding tert-OH is 3. The highest BCUT2D eigenvalue weighted by Gasteiger charge is 2.48. The Kier molecular flexibility index (Phi) is 41.8. The number of allylic oxidation sites excluding steroid dienone is 12. The van der Waals surface area contributed by atoms with Gasteiger partial charge in [-0.05, 0) is 83.5 Å². The van der Waals surface area contributed by atoms with Gasteiger partial charge in [-0.2, -0.15) is 8.42 Å². The number of esters is 1. The summed E-state index contributed by atoms with van der Waals surface area (Å²) >= 11 is 0. The molecule has 6 unspecified atom stereocenters. The van der Waals surface area contributed by atoms with E-state index < -0.39 is 59.8 Å². The number of carbonyl (C=O) groups excluding carboxylic acids is 1. The van der Waals surface area contributed by atoms with Crippen LogP contribution in [0.25, 0.3) is 0 Å². The van der Waals surface area contributed by atoms with Gasteiger partial charge in [0.2, 0.25) is 0 Å². The van der Waals surface area contributed by atoms with E-state index in [1.807, 2.05) is 0 Å². The molecule has 13 heteroatoms. The SMILES string of the molecule is CC/C=C\C/C=C\C/C=C\C/C=C\C/C=C\CCCCCCCCOCC(COC1OC(CO)C(O)C(OS(=O)(=O)O)C1O)OC(=O)CCCCCCCCC/C=C\CCCCCCCCC. The van der Waals surface area contributed by atoms with Crippen LogP contribution in [0, 0.1) is 0 Å². The largest absolute Gasteiger partial charge is 0.457 e. The number of hydrogen-bond acceptors (Lipinski definition) is 11. The van der Waals surface area contributed by atoms with Crippen LogP contribution in [-0.2, 0) is 38.3 Å². The van der Waals surface area contributed by atoms with Crippen LogP contribution in [0.15, 0.2) is 72.9 Å². The van der Waals surface area contributed by atoms with Crippen molar-refractivity contribution in [3.63, 3.8) is 0 Å². The Morgan fingerprint density at radius 1 is 0.582 bits per heavy atom. The standard InChI is InChI=1S/C54H94O12S/c1-3-5-7-9-11-13-15-17-19-21-23-24-25-26-28-30-32-34-36-38-40-42-44-62-46-48(47-63-54-52(58)53(66-67(59,60)61)51(57)49(45-55)65-54)64-50(56)43-41-39-37-35-33-31-29-27-22-20-18-16-14-12-10-8-6-4-2/h5,7,11,13,17,19-20,22-24,26,28,48-49,51-55,57-58H,3-4,6,8-10,12,14-16,18,21,25,27,29-47H2,1-2H3,(H,59,60,61)/b7-5-,13-11-,19-17-,22-20-,24-23-,28-26-. The van der Waals surface area contributed by atoms with Gasteiger partial charge in [-0.15, -0.1) is 0 Å². The maximum atomic E-state index is 12.9. The molecule has 0 saturated carbocycles.